The van der Waals surface area contributed by atoms with E-state index < -0.39 is 0 Å². The molecule has 0 unspecified atom stereocenters. The second-order valence-corrected chi connectivity index (χ2v) is 5.17. The fraction of sp³-hybridized carbons (Fsp3) is 0.533. The van der Waals surface area contributed by atoms with E-state index in [4.69, 9.17) is 4.74 Å². The first-order valence-electron chi connectivity index (χ1n) is 6.71. The molecule has 0 radical (unpaired) electrons. The van der Waals surface area contributed by atoms with Crippen molar-refractivity contribution in [2.45, 2.75) is 45.3 Å². The SMILES string of the molecule is C[C@@H]1CCC[C@H](NC(=O)OCc2ccccc2)C1. The summed E-state index contributed by atoms with van der Waals surface area (Å²) in [5, 5.41) is 2.96. The Labute approximate surface area is 109 Å². The number of carbonyl (C=O) groups is 1. The molecule has 1 aromatic rings. The van der Waals surface area contributed by atoms with Gasteiger partial charge in [-0.05, 0) is 24.3 Å². The van der Waals surface area contributed by atoms with E-state index in [2.05, 4.69) is 12.2 Å². The number of rotatable bonds is 3. The zero-order valence-corrected chi connectivity index (χ0v) is 10.9. The fourth-order valence-corrected chi connectivity index (χ4v) is 2.50. The Morgan fingerprint density at radius 2 is 2.11 bits per heavy atom. The molecule has 0 aliphatic heterocycles. The Balaban J connectivity index is 1.72. The zero-order valence-electron chi connectivity index (χ0n) is 10.9. The molecular weight excluding hydrogens is 226 g/mol. The monoisotopic (exact) mass is 247 g/mol. The number of benzene rings is 1. The van der Waals surface area contributed by atoms with Gasteiger partial charge in [-0.25, -0.2) is 4.79 Å². The minimum absolute atomic E-state index is 0.289. The Hall–Kier alpha value is -1.51. The maximum atomic E-state index is 11.7. The summed E-state index contributed by atoms with van der Waals surface area (Å²) in [6, 6.07) is 10.0. The van der Waals surface area contributed by atoms with Crippen LogP contribution in [0.3, 0.4) is 0 Å². The van der Waals surface area contributed by atoms with Crippen LogP contribution in [0.4, 0.5) is 4.79 Å². The average molecular weight is 247 g/mol. The predicted molar refractivity (Wildman–Crippen MR) is 71.2 cm³/mol. The van der Waals surface area contributed by atoms with Gasteiger partial charge in [-0.2, -0.15) is 0 Å². The molecule has 18 heavy (non-hydrogen) atoms. The van der Waals surface area contributed by atoms with Crippen LogP contribution in [0.15, 0.2) is 30.3 Å². The van der Waals surface area contributed by atoms with Gasteiger partial charge in [0.05, 0.1) is 0 Å². The van der Waals surface area contributed by atoms with Gasteiger partial charge in [-0.1, -0.05) is 50.1 Å². The van der Waals surface area contributed by atoms with Crippen LogP contribution in [0.1, 0.15) is 38.2 Å². The van der Waals surface area contributed by atoms with Crippen LogP contribution in [-0.4, -0.2) is 12.1 Å². The molecule has 2 atom stereocenters. The summed E-state index contributed by atoms with van der Waals surface area (Å²) in [4.78, 5) is 11.7. The van der Waals surface area contributed by atoms with Gasteiger partial charge in [0.2, 0.25) is 0 Å². The first-order valence-corrected chi connectivity index (χ1v) is 6.71. The molecule has 1 aliphatic carbocycles. The van der Waals surface area contributed by atoms with Gasteiger partial charge in [-0.3, -0.25) is 0 Å². The Bertz CT molecular complexity index is 377. The van der Waals surface area contributed by atoms with Crippen molar-refractivity contribution in [1.82, 2.24) is 5.32 Å². The number of alkyl carbamates (subject to hydrolysis) is 1. The van der Waals surface area contributed by atoms with Crippen LogP contribution in [0, 0.1) is 5.92 Å². The minimum atomic E-state index is -0.294. The lowest BCUT2D eigenvalue weighted by Crippen LogP contribution is -2.38. The van der Waals surface area contributed by atoms with Gasteiger partial charge in [0.15, 0.2) is 0 Å². The van der Waals surface area contributed by atoms with Crippen LogP contribution in [0.5, 0.6) is 0 Å². The van der Waals surface area contributed by atoms with E-state index in [9.17, 15) is 4.79 Å². The van der Waals surface area contributed by atoms with Crippen molar-refractivity contribution in [1.29, 1.82) is 0 Å². The quantitative estimate of drug-likeness (QED) is 0.888. The van der Waals surface area contributed by atoms with Crippen molar-refractivity contribution in [2.24, 2.45) is 5.92 Å². The lowest BCUT2D eigenvalue weighted by atomic mass is 9.87. The number of nitrogens with one attached hydrogen (secondary N) is 1. The van der Waals surface area contributed by atoms with E-state index in [0.29, 0.717) is 12.5 Å². The largest absolute Gasteiger partial charge is 0.445 e. The van der Waals surface area contributed by atoms with Crippen LogP contribution >= 0.6 is 0 Å². The highest BCUT2D eigenvalue weighted by atomic mass is 16.5. The summed E-state index contributed by atoms with van der Waals surface area (Å²) in [5.74, 6) is 0.707. The van der Waals surface area contributed by atoms with E-state index in [1.54, 1.807) is 0 Å². The number of ether oxygens (including phenoxy) is 1. The molecule has 0 saturated heterocycles. The number of hydrogen-bond donors (Lipinski definition) is 1. The molecule has 2 rings (SSSR count). The molecule has 98 valence electrons. The summed E-state index contributed by atoms with van der Waals surface area (Å²) in [6.07, 6.45) is 4.32. The summed E-state index contributed by atoms with van der Waals surface area (Å²) < 4.78 is 5.22. The van der Waals surface area contributed by atoms with E-state index in [-0.39, 0.29) is 12.1 Å². The van der Waals surface area contributed by atoms with Gasteiger partial charge in [-0.15, -0.1) is 0 Å². The van der Waals surface area contributed by atoms with Crippen LogP contribution in [0.2, 0.25) is 0 Å². The standard InChI is InChI=1S/C15H21NO2/c1-12-6-5-9-14(10-12)16-15(17)18-11-13-7-3-2-4-8-13/h2-4,7-8,12,14H,5-6,9-11H2,1H3,(H,16,17)/t12-,14+/m1/s1. The third-order valence-corrected chi connectivity index (χ3v) is 3.47. The lowest BCUT2D eigenvalue weighted by Gasteiger charge is -2.27. The normalized spacial score (nSPS) is 23.4. The first kappa shape index (κ1) is 12.9. The van der Waals surface area contributed by atoms with Gasteiger partial charge in [0.1, 0.15) is 6.61 Å². The molecule has 1 N–H and O–H groups in total. The maximum Gasteiger partial charge on any atom is 0.407 e. The molecule has 1 aliphatic rings. The summed E-state index contributed by atoms with van der Waals surface area (Å²) in [7, 11) is 0. The molecule has 3 heteroatoms. The average Bonchev–Trinajstić information content (AvgIpc) is 2.38. The van der Waals surface area contributed by atoms with Crippen LogP contribution in [-0.2, 0) is 11.3 Å². The number of hydrogen-bond acceptors (Lipinski definition) is 2. The number of carbonyl (C=O) groups excluding carboxylic acids is 1. The van der Waals surface area contributed by atoms with Gasteiger partial charge >= 0.3 is 6.09 Å². The fourth-order valence-electron chi connectivity index (χ4n) is 2.50. The molecular formula is C15H21NO2. The third kappa shape index (κ3) is 4.06. The van der Waals surface area contributed by atoms with Gasteiger partial charge in [0.25, 0.3) is 0 Å². The summed E-state index contributed by atoms with van der Waals surface area (Å²) in [6.45, 7) is 2.58. The number of amides is 1. The Kier molecular flexibility index (Phi) is 4.62. The molecule has 1 aromatic carbocycles. The van der Waals surface area contributed by atoms with Crippen LogP contribution < -0.4 is 5.32 Å². The molecule has 0 bridgehead atoms. The molecule has 3 nitrogen and oxygen atoms in total. The smallest absolute Gasteiger partial charge is 0.407 e. The van der Waals surface area contributed by atoms with E-state index in [1.807, 2.05) is 30.3 Å². The topological polar surface area (TPSA) is 38.3 Å². The third-order valence-electron chi connectivity index (χ3n) is 3.47. The van der Waals surface area contributed by atoms with Crippen molar-refractivity contribution in [3.05, 3.63) is 35.9 Å². The van der Waals surface area contributed by atoms with Gasteiger partial charge < -0.3 is 10.1 Å². The molecule has 0 spiro atoms. The van der Waals surface area contributed by atoms with Crippen molar-refractivity contribution >= 4 is 6.09 Å². The molecule has 0 aromatic heterocycles. The van der Waals surface area contributed by atoms with Gasteiger partial charge in [0, 0.05) is 6.04 Å². The van der Waals surface area contributed by atoms with E-state index >= 15 is 0 Å². The second-order valence-electron chi connectivity index (χ2n) is 5.17. The predicted octanol–water partition coefficient (Wildman–Crippen LogP) is 3.49. The lowest BCUT2D eigenvalue weighted by molar-refractivity contribution is 0.131. The highest BCUT2D eigenvalue weighted by Gasteiger charge is 2.20. The highest BCUT2D eigenvalue weighted by molar-refractivity contribution is 5.67. The minimum Gasteiger partial charge on any atom is -0.445 e. The van der Waals surface area contributed by atoms with Crippen molar-refractivity contribution < 1.29 is 9.53 Å². The van der Waals surface area contributed by atoms with Crippen molar-refractivity contribution in [3.8, 4) is 0 Å². The maximum absolute atomic E-state index is 11.7. The molecule has 0 heterocycles. The zero-order chi connectivity index (χ0) is 12.8. The second kappa shape index (κ2) is 6.43. The van der Waals surface area contributed by atoms with Crippen molar-refractivity contribution in [3.63, 3.8) is 0 Å². The first-order chi connectivity index (χ1) is 8.74. The Morgan fingerprint density at radius 3 is 2.83 bits per heavy atom. The molecule has 1 amide bonds. The summed E-state index contributed by atoms with van der Waals surface area (Å²) >= 11 is 0. The van der Waals surface area contributed by atoms with Crippen LogP contribution in [0.25, 0.3) is 0 Å². The molecule has 1 fully saturated rings. The summed E-state index contributed by atoms with van der Waals surface area (Å²) in [5.41, 5.74) is 1.02. The van der Waals surface area contributed by atoms with E-state index in [1.165, 1.54) is 12.8 Å². The Morgan fingerprint density at radius 1 is 1.33 bits per heavy atom. The highest BCUT2D eigenvalue weighted by Crippen LogP contribution is 2.23. The van der Waals surface area contributed by atoms with E-state index in [0.717, 1.165) is 18.4 Å². The molecule has 1 saturated carbocycles. The van der Waals surface area contributed by atoms with Crippen molar-refractivity contribution in [2.75, 3.05) is 0 Å².